The number of halogens is 1. The third-order valence-corrected chi connectivity index (χ3v) is 5.34. The van der Waals surface area contributed by atoms with Crippen LogP contribution in [-0.4, -0.2) is 22.9 Å². The van der Waals surface area contributed by atoms with E-state index in [4.69, 9.17) is 9.47 Å². The Hall–Kier alpha value is -4.19. The number of rotatable bonds is 9. The van der Waals surface area contributed by atoms with Crippen LogP contribution < -0.4 is 9.47 Å². The van der Waals surface area contributed by atoms with E-state index in [2.05, 4.69) is 4.98 Å². The van der Waals surface area contributed by atoms with Gasteiger partial charge >= 0.3 is 0 Å². The first kappa shape index (κ1) is 23.0. The standard InChI is InChI=1S/C28H25FN2O3/c1-33-26-11-7-24(8-12-26)28(32)31(18-21-13-15-30-16-14-21)19-23-3-2-4-27(17-23)34-20-22-5-9-25(29)10-6-22/h2-17H,18-20H2,1H3. The zero-order valence-corrected chi connectivity index (χ0v) is 18.9. The maximum atomic E-state index is 13.4. The molecule has 1 heterocycles. The molecule has 0 bridgehead atoms. The van der Waals surface area contributed by atoms with Crippen LogP contribution in [0.4, 0.5) is 4.39 Å². The molecule has 0 aliphatic rings. The van der Waals surface area contributed by atoms with E-state index in [1.54, 1.807) is 60.8 Å². The lowest BCUT2D eigenvalue weighted by atomic mass is 10.1. The van der Waals surface area contributed by atoms with Gasteiger partial charge in [0, 0.05) is 31.0 Å². The summed E-state index contributed by atoms with van der Waals surface area (Å²) < 4.78 is 24.2. The highest BCUT2D eigenvalue weighted by molar-refractivity contribution is 5.94. The molecular formula is C28H25FN2O3. The largest absolute Gasteiger partial charge is 0.497 e. The highest BCUT2D eigenvalue weighted by Gasteiger charge is 2.17. The van der Waals surface area contributed by atoms with Crippen LogP contribution in [0.15, 0.2) is 97.3 Å². The van der Waals surface area contributed by atoms with Crippen LogP contribution in [0.25, 0.3) is 0 Å². The van der Waals surface area contributed by atoms with Crippen molar-refractivity contribution in [3.05, 3.63) is 125 Å². The Labute approximate surface area is 198 Å². The van der Waals surface area contributed by atoms with Crippen molar-refractivity contribution in [1.82, 2.24) is 9.88 Å². The van der Waals surface area contributed by atoms with Crippen LogP contribution in [0.3, 0.4) is 0 Å². The van der Waals surface area contributed by atoms with E-state index in [-0.39, 0.29) is 11.7 Å². The summed E-state index contributed by atoms with van der Waals surface area (Å²) in [6, 6.07) is 24.8. The minimum absolute atomic E-state index is 0.0860. The molecule has 0 atom stereocenters. The zero-order chi connectivity index (χ0) is 23.8. The Morgan fingerprint density at radius 2 is 1.53 bits per heavy atom. The van der Waals surface area contributed by atoms with Crippen LogP contribution in [0.2, 0.25) is 0 Å². The van der Waals surface area contributed by atoms with Crippen molar-refractivity contribution >= 4 is 5.91 Å². The molecule has 0 N–H and O–H groups in total. The van der Waals surface area contributed by atoms with Crippen LogP contribution in [0.5, 0.6) is 11.5 Å². The number of ether oxygens (including phenoxy) is 2. The quantitative estimate of drug-likeness (QED) is 0.327. The summed E-state index contributed by atoms with van der Waals surface area (Å²) >= 11 is 0. The molecule has 5 nitrogen and oxygen atoms in total. The van der Waals surface area contributed by atoms with Gasteiger partial charge in [-0.25, -0.2) is 4.39 Å². The predicted octanol–water partition coefficient (Wildman–Crippen LogP) is 5.65. The molecule has 172 valence electrons. The third kappa shape index (κ3) is 6.19. The van der Waals surface area contributed by atoms with Crippen molar-refractivity contribution in [2.45, 2.75) is 19.7 Å². The Bertz CT molecular complexity index is 1210. The molecule has 0 unspecified atom stereocenters. The van der Waals surface area contributed by atoms with Crippen molar-refractivity contribution in [2.75, 3.05) is 7.11 Å². The number of aromatic nitrogens is 1. The van der Waals surface area contributed by atoms with Crippen LogP contribution in [-0.2, 0) is 19.7 Å². The van der Waals surface area contributed by atoms with E-state index >= 15 is 0 Å². The lowest BCUT2D eigenvalue weighted by molar-refractivity contribution is 0.0729. The molecule has 1 amide bonds. The topological polar surface area (TPSA) is 51.7 Å². The first-order valence-electron chi connectivity index (χ1n) is 10.9. The van der Waals surface area contributed by atoms with Crippen LogP contribution in [0.1, 0.15) is 27.0 Å². The maximum Gasteiger partial charge on any atom is 0.254 e. The fraction of sp³-hybridized carbons (Fsp3) is 0.143. The van der Waals surface area contributed by atoms with Gasteiger partial charge in [-0.15, -0.1) is 0 Å². The van der Waals surface area contributed by atoms with Crippen LogP contribution >= 0.6 is 0 Å². The first-order chi connectivity index (χ1) is 16.6. The van der Waals surface area contributed by atoms with E-state index in [9.17, 15) is 9.18 Å². The first-order valence-corrected chi connectivity index (χ1v) is 10.9. The van der Waals surface area contributed by atoms with Crippen molar-refractivity contribution in [1.29, 1.82) is 0 Å². The lowest BCUT2D eigenvalue weighted by Gasteiger charge is -2.23. The molecule has 0 fully saturated rings. The maximum absolute atomic E-state index is 13.4. The Kier molecular flexibility index (Phi) is 7.50. The van der Waals surface area contributed by atoms with Crippen molar-refractivity contribution in [3.8, 4) is 11.5 Å². The number of amides is 1. The van der Waals surface area contributed by atoms with Gasteiger partial charge in [0.15, 0.2) is 0 Å². The van der Waals surface area contributed by atoms with Gasteiger partial charge in [0.05, 0.1) is 7.11 Å². The number of carbonyl (C=O) groups is 1. The van der Waals surface area contributed by atoms with Gasteiger partial charge in [-0.1, -0.05) is 24.3 Å². The smallest absolute Gasteiger partial charge is 0.254 e. The highest BCUT2D eigenvalue weighted by Crippen LogP contribution is 2.20. The summed E-state index contributed by atoms with van der Waals surface area (Å²) in [4.78, 5) is 19.2. The zero-order valence-electron chi connectivity index (χ0n) is 18.9. The summed E-state index contributed by atoms with van der Waals surface area (Å²) in [5.74, 6) is 1.02. The van der Waals surface area contributed by atoms with Crippen molar-refractivity contribution < 1.29 is 18.7 Å². The molecule has 0 radical (unpaired) electrons. The summed E-state index contributed by atoms with van der Waals surface area (Å²) in [5.41, 5.74) is 3.38. The summed E-state index contributed by atoms with van der Waals surface area (Å²) in [6.45, 7) is 1.17. The number of carbonyl (C=O) groups excluding carboxylic acids is 1. The number of methoxy groups -OCH3 is 1. The second-order valence-electron chi connectivity index (χ2n) is 7.81. The Balaban J connectivity index is 1.51. The fourth-order valence-corrected chi connectivity index (χ4v) is 3.53. The van der Waals surface area contributed by atoms with Gasteiger partial charge in [0.25, 0.3) is 5.91 Å². The van der Waals surface area contributed by atoms with E-state index in [0.717, 1.165) is 16.7 Å². The lowest BCUT2D eigenvalue weighted by Crippen LogP contribution is -2.30. The molecule has 0 aliphatic carbocycles. The molecule has 0 aliphatic heterocycles. The van der Waals surface area contributed by atoms with Gasteiger partial charge in [0.1, 0.15) is 23.9 Å². The van der Waals surface area contributed by atoms with Gasteiger partial charge in [-0.2, -0.15) is 0 Å². The molecule has 6 heteroatoms. The van der Waals surface area contributed by atoms with E-state index in [1.807, 2.05) is 36.4 Å². The van der Waals surface area contributed by atoms with Gasteiger partial charge in [-0.05, 0) is 77.4 Å². The average Bonchev–Trinajstić information content (AvgIpc) is 2.88. The number of nitrogens with zero attached hydrogens (tertiary/aromatic N) is 2. The van der Waals surface area contributed by atoms with E-state index in [1.165, 1.54) is 12.1 Å². The number of hydrogen-bond acceptors (Lipinski definition) is 4. The molecule has 4 rings (SSSR count). The molecule has 0 saturated carbocycles. The molecule has 0 spiro atoms. The van der Waals surface area contributed by atoms with E-state index < -0.39 is 0 Å². The number of hydrogen-bond donors (Lipinski definition) is 0. The number of pyridine rings is 1. The monoisotopic (exact) mass is 456 g/mol. The Morgan fingerprint density at radius 1 is 0.824 bits per heavy atom. The number of benzene rings is 3. The van der Waals surface area contributed by atoms with Crippen molar-refractivity contribution in [3.63, 3.8) is 0 Å². The van der Waals surface area contributed by atoms with Gasteiger partial charge in [0.2, 0.25) is 0 Å². The van der Waals surface area contributed by atoms with Crippen LogP contribution in [0, 0.1) is 5.82 Å². The second-order valence-corrected chi connectivity index (χ2v) is 7.81. The second kappa shape index (κ2) is 11.1. The summed E-state index contributed by atoms with van der Waals surface area (Å²) in [7, 11) is 1.59. The van der Waals surface area contributed by atoms with Crippen molar-refractivity contribution in [2.24, 2.45) is 0 Å². The molecular weight excluding hydrogens is 431 g/mol. The molecule has 1 aromatic heterocycles. The molecule has 0 saturated heterocycles. The summed E-state index contributed by atoms with van der Waals surface area (Å²) in [6.07, 6.45) is 3.44. The summed E-state index contributed by atoms with van der Waals surface area (Å²) in [5, 5.41) is 0. The fourth-order valence-electron chi connectivity index (χ4n) is 3.53. The minimum Gasteiger partial charge on any atom is -0.497 e. The Morgan fingerprint density at radius 3 is 2.24 bits per heavy atom. The normalized spacial score (nSPS) is 10.5. The highest BCUT2D eigenvalue weighted by atomic mass is 19.1. The van der Waals surface area contributed by atoms with Gasteiger partial charge in [-0.3, -0.25) is 9.78 Å². The molecule has 4 aromatic rings. The predicted molar refractivity (Wildman–Crippen MR) is 128 cm³/mol. The minimum atomic E-state index is -0.276. The van der Waals surface area contributed by atoms with Gasteiger partial charge < -0.3 is 14.4 Å². The SMILES string of the molecule is COc1ccc(C(=O)N(Cc2ccncc2)Cc2cccc(OCc3ccc(F)cc3)c2)cc1. The molecule has 3 aromatic carbocycles. The molecule has 34 heavy (non-hydrogen) atoms. The average molecular weight is 457 g/mol. The van der Waals surface area contributed by atoms with E-state index in [0.29, 0.717) is 36.8 Å². The third-order valence-electron chi connectivity index (χ3n) is 5.34.